The van der Waals surface area contributed by atoms with Crippen LogP contribution in [0.2, 0.25) is 0 Å². The Morgan fingerprint density at radius 3 is 3.05 bits per heavy atom. The van der Waals surface area contributed by atoms with E-state index in [1.165, 1.54) is 0 Å². The van der Waals surface area contributed by atoms with Gasteiger partial charge in [0.05, 0.1) is 10.6 Å². The first-order valence-corrected chi connectivity index (χ1v) is 8.27. The molecule has 0 atom stereocenters. The molecule has 0 aliphatic rings. The number of thioether (sulfide) groups is 1. The second-order valence-corrected chi connectivity index (χ2v) is 6.32. The molecule has 21 heavy (non-hydrogen) atoms. The molecule has 0 spiro atoms. The number of imidazole rings is 1. The number of hydrogen-bond acceptors (Lipinski definition) is 5. The van der Waals surface area contributed by atoms with Gasteiger partial charge in [-0.25, -0.2) is 9.97 Å². The predicted octanol–water partition coefficient (Wildman–Crippen LogP) is 3.47. The Balaban J connectivity index is 1.49. The molecule has 0 amide bonds. The largest absolute Gasteiger partial charge is 0.307 e. The number of pyridine rings is 1. The fourth-order valence-corrected chi connectivity index (χ4v) is 3.38. The maximum absolute atomic E-state index is 4.56. The van der Waals surface area contributed by atoms with Crippen LogP contribution in [0.5, 0.6) is 0 Å². The van der Waals surface area contributed by atoms with Crippen LogP contribution >= 0.6 is 23.1 Å². The first-order valence-electron chi connectivity index (χ1n) is 6.40. The van der Waals surface area contributed by atoms with Gasteiger partial charge in [0, 0.05) is 18.1 Å². The Morgan fingerprint density at radius 1 is 1.19 bits per heavy atom. The monoisotopic (exact) mass is 313 g/mol. The normalized spacial score (nSPS) is 11.2. The van der Waals surface area contributed by atoms with Crippen molar-refractivity contribution in [3.8, 4) is 10.7 Å². The summed E-state index contributed by atoms with van der Waals surface area (Å²) < 4.78 is 2.02. The quantitative estimate of drug-likeness (QED) is 0.586. The van der Waals surface area contributed by atoms with Gasteiger partial charge < -0.3 is 4.40 Å². The van der Waals surface area contributed by atoms with Gasteiger partial charge in [-0.1, -0.05) is 23.9 Å². The molecule has 0 aliphatic heterocycles. The van der Waals surface area contributed by atoms with Gasteiger partial charge in [0.25, 0.3) is 0 Å². The van der Waals surface area contributed by atoms with E-state index < -0.39 is 0 Å². The fourth-order valence-electron chi connectivity index (χ4n) is 2.03. The molecule has 0 saturated heterocycles. The zero-order valence-electron chi connectivity index (χ0n) is 10.9. The summed E-state index contributed by atoms with van der Waals surface area (Å²) in [5.74, 6) is 1.58. The van der Waals surface area contributed by atoms with Crippen molar-refractivity contribution in [2.45, 2.75) is 10.9 Å². The lowest BCUT2D eigenvalue weighted by atomic mass is 10.4. The Bertz CT molecular complexity index is 829. The highest BCUT2D eigenvalue weighted by molar-refractivity contribution is 7.98. The van der Waals surface area contributed by atoms with Crippen molar-refractivity contribution in [1.29, 1.82) is 0 Å². The van der Waals surface area contributed by atoms with E-state index in [0.717, 1.165) is 33.0 Å². The second-order valence-electron chi connectivity index (χ2n) is 4.43. The minimum absolute atomic E-state index is 0.746. The molecule has 7 heteroatoms. The van der Waals surface area contributed by atoms with Crippen LogP contribution in [0.15, 0.2) is 53.3 Å². The summed E-state index contributed by atoms with van der Waals surface area (Å²) >= 11 is 3.23. The van der Waals surface area contributed by atoms with Gasteiger partial charge in [0.15, 0.2) is 5.82 Å². The molecule has 1 N–H and O–H groups in total. The number of nitrogens with zero attached hydrogens (tertiary/aromatic N) is 4. The third-order valence-corrected chi connectivity index (χ3v) is 4.74. The molecule has 5 nitrogen and oxygen atoms in total. The van der Waals surface area contributed by atoms with Crippen molar-refractivity contribution < 1.29 is 0 Å². The highest BCUT2D eigenvalue weighted by atomic mass is 32.2. The third-order valence-electron chi connectivity index (χ3n) is 2.98. The molecule has 0 saturated carbocycles. The lowest BCUT2D eigenvalue weighted by Crippen LogP contribution is -1.81. The van der Waals surface area contributed by atoms with Crippen LogP contribution < -0.4 is 0 Å². The Labute approximate surface area is 129 Å². The summed E-state index contributed by atoms with van der Waals surface area (Å²) in [5.41, 5.74) is 1.98. The van der Waals surface area contributed by atoms with E-state index in [4.69, 9.17) is 0 Å². The zero-order valence-corrected chi connectivity index (χ0v) is 12.6. The van der Waals surface area contributed by atoms with Gasteiger partial charge >= 0.3 is 0 Å². The molecular formula is C14H11N5S2. The number of rotatable bonds is 4. The number of nitrogens with one attached hydrogen (secondary N) is 1. The van der Waals surface area contributed by atoms with Crippen LogP contribution in [0.3, 0.4) is 0 Å². The number of aromatic nitrogens is 5. The maximum atomic E-state index is 4.56. The molecule has 0 aromatic carbocycles. The molecule has 4 rings (SSSR count). The van der Waals surface area contributed by atoms with E-state index in [1.54, 1.807) is 23.1 Å². The Morgan fingerprint density at radius 2 is 2.19 bits per heavy atom. The molecule has 0 fully saturated rings. The van der Waals surface area contributed by atoms with Gasteiger partial charge in [-0.3, -0.25) is 5.10 Å². The van der Waals surface area contributed by atoms with Crippen LogP contribution in [-0.4, -0.2) is 24.6 Å². The molecular weight excluding hydrogens is 302 g/mol. The summed E-state index contributed by atoms with van der Waals surface area (Å²) in [4.78, 5) is 10.2. The van der Waals surface area contributed by atoms with Crippen molar-refractivity contribution in [2.75, 3.05) is 0 Å². The van der Waals surface area contributed by atoms with Gasteiger partial charge in [-0.15, -0.1) is 16.4 Å². The molecule has 0 unspecified atom stereocenters. The minimum atomic E-state index is 0.746. The smallest absolute Gasteiger partial charge is 0.209 e. The topological polar surface area (TPSA) is 58.9 Å². The number of thiophene rings is 1. The summed E-state index contributed by atoms with van der Waals surface area (Å²) in [6.07, 6.45) is 4.04. The van der Waals surface area contributed by atoms with Crippen molar-refractivity contribution in [2.24, 2.45) is 0 Å². The van der Waals surface area contributed by atoms with Crippen molar-refractivity contribution in [3.05, 3.63) is 53.8 Å². The first-order chi connectivity index (χ1) is 10.4. The number of hydrogen-bond donors (Lipinski definition) is 1. The van der Waals surface area contributed by atoms with Crippen molar-refractivity contribution >= 4 is 28.7 Å². The molecule has 4 heterocycles. The fraction of sp³-hybridized carbons (Fsp3) is 0.0714. The van der Waals surface area contributed by atoms with E-state index >= 15 is 0 Å². The second kappa shape index (κ2) is 5.34. The Hall–Kier alpha value is -2.12. The molecule has 4 aromatic heterocycles. The van der Waals surface area contributed by atoms with Gasteiger partial charge in [-0.2, -0.15) is 0 Å². The highest BCUT2D eigenvalue weighted by Gasteiger charge is 2.08. The van der Waals surface area contributed by atoms with E-state index in [2.05, 4.69) is 20.2 Å². The Kier molecular flexibility index (Phi) is 3.21. The summed E-state index contributed by atoms with van der Waals surface area (Å²) in [5, 5.41) is 9.99. The van der Waals surface area contributed by atoms with Crippen LogP contribution in [-0.2, 0) is 5.75 Å². The van der Waals surface area contributed by atoms with E-state index in [1.807, 2.05) is 52.5 Å². The van der Waals surface area contributed by atoms with Gasteiger partial charge in [0.1, 0.15) is 5.65 Å². The van der Waals surface area contributed by atoms with Crippen molar-refractivity contribution in [1.82, 2.24) is 24.6 Å². The molecule has 4 aromatic rings. The van der Waals surface area contributed by atoms with Crippen LogP contribution in [0.4, 0.5) is 0 Å². The standard InChI is InChI=1S/C14H11N5S2/c1-2-6-19-8-10(15-12(19)5-1)9-21-14-16-13(17-18-14)11-4-3-7-20-11/h1-8H,9H2,(H,16,17,18). The highest BCUT2D eigenvalue weighted by Crippen LogP contribution is 2.24. The van der Waals surface area contributed by atoms with Crippen LogP contribution in [0.1, 0.15) is 5.69 Å². The average molecular weight is 313 g/mol. The predicted molar refractivity (Wildman–Crippen MR) is 84.4 cm³/mol. The minimum Gasteiger partial charge on any atom is -0.307 e. The SMILES string of the molecule is c1csc(-c2nc(SCc3cn4ccccc4n3)n[nH]2)c1. The number of aromatic amines is 1. The molecule has 0 radical (unpaired) electrons. The number of fused-ring (bicyclic) bond motifs is 1. The van der Waals surface area contributed by atoms with E-state index in [0.29, 0.717) is 0 Å². The zero-order chi connectivity index (χ0) is 14.1. The average Bonchev–Trinajstić information content (AvgIpc) is 3.23. The lowest BCUT2D eigenvalue weighted by Gasteiger charge is -1.91. The first kappa shape index (κ1) is 12.6. The lowest BCUT2D eigenvalue weighted by molar-refractivity contribution is 0.972. The molecule has 0 aliphatic carbocycles. The summed E-state index contributed by atoms with van der Waals surface area (Å²) in [6.45, 7) is 0. The summed E-state index contributed by atoms with van der Waals surface area (Å²) in [6, 6.07) is 10.0. The van der Waals surface area contributed by atoms with Gasteiger partial charge in [-0.05, 0) is 23.6 Å². The third kappa shape index (κ3) is 2.57. The van der Waals surface area contributed by atoms with Crippen LogP contribution in [0.25, 0.3) is 16.3 Å². The molecule has 0 bridgehead atoms. The molecule has 104 valence electrons. The number of H-pyrrole nitrogens is 1. The van der Waals surface area contributed by atoms with Crippen molar-refractivity contribution in [3.63, 3.8) is 0 Å². The maximum Gasteiger partial charge on any atom is 0.209 e. The van der Waals surface area contributed by atoms with E-state index in [9.17, 15) is 0 Å². The van der Waals surface area contributed by atoms with Crippen LogP contribution in [0, 0.1) is 0 Å². The summed E-state index contributed by atoms with van der Waals surface area (Å²) in [7, 11) is 0. The van der Waals surface area contributed by atoms with E-state index in [-0.39, 0.29) is 0 Å². The van der Waals surface area contributed by atoms with Gasteiger partial charge in [0.2, 0.25) is 5.16 Å².